The maximum absolute atomic E-state index is 12.9. The van der Waals surface area contributed by atoms with Gasteiger partial charge >= 0.3 is 0 Å². The Labute approximate surface area is 74.0 Å². The molecule has 0 fully saturated rings. The van der Waals surface area contributed by atoms with E-state index in [1.165, 1.54) is 0 Å². The van der Waals surface area contributed by atoms with Crippen molar-refractivity contribution in [1.82, 2.24) is 0 Å². The zero-order valence-corrected chi connectivity index (χ0v) is 6.80. The third kappa shape index (κ3) is 0.983. The van der Waals surface area contributed by atoms with E-state index in [0.717, 1.165) is 6.07 Å². The van der Waals surface area contributed by atoms with Gasteiger partial charge in [-0.1, -0.05) is 0 Å². The Morgan fingerprint density at radius 2 is 2.15 bits per heavy atom. The van der Waals surface area contributed by atoms with Crippen LogP contribution >= 0.6 is 0 Å². The number of nitrogens with two attached hydrogens (primary N) is 1. The number of phenols is 1. The Balaban J connectivity index is 2.77. The molecule has 0 radical (unpaired) electrons. The summed E-state index contributed by atoms with van der Waals surface area (Å²) in [6.07, 6.45) is 0.796. The highest BCUT2D eigenvalue weighted by molar-refractivity contribution is 6.04. The zero-order chi connectivity index (χ0) is 9.59. The van der Waals surface area contributed by atoms with Crippen LogP contribution in [0.5, 0.6) is 5.75 Å². The maximum atomic E-state index is 12.9. The van der Waals surface area contributed by atoms with Crippen molar-refractivity contribution < 1.29 is 14.3 Å². The van der Waals surface area contributed by atoms with Gasteiger partial charge in [0.1, 0.15) is 0 Å². The smallest absolute Gasteiger partial charge is 0.167 e. The molecule has 0 heterocycles. The number of hydrogen-bond donors (Lipinski definition) is 2. The lowest BCUT2D eigenvalue weighted by molar-refractivity contribution is 0.0991. The molecule has 0 atom stereocenters. The lowest BCUT2D eigenvalue weighted by atomic mass is 10.1. The summed E-state index contributed by atoms with van der Waals surface area (Å²) in [6.45, 7) is 0. The number of carbonyl (C=O) groups is 1. The number of halogens is 1. The van der Waals surface area contributed by atoms with E-state index in [2.05, 4.69) is 0 Å². The molecule has 0 aromatic heterocycles. The molecular formula is C9H8FNO2. The molecule has 68 valence electrons. The van der Waals surface area contributed by atoms with E-state index in [9.17, 15) is 14.3 Å². The average molecular weight is 181 g/mol. The summed E-state index contributed by atoms with van der Waals surface area (Å²) in [7, 11) is 0. The fourth-order valence-corrected chi connectivity index (χ4v) is 1.63. The molecule has 1 aromatic rings. The highest BCUT2D eigenvalue weighted by atomic mass is 19.1. The highest BCUT2D eigenvalue weighted by Gasteiger charge is 2.27. The van der Waals surface area contributed by atoms with Gasteiger partial charge in [0.05, 0.1) is 5.56 Å². The summed E-state index contributed by atoms with van der Waals surface area (Å²) in [4.78, 5) is 11.2. The Morgan fingerprint density at radius 3 is 2.85 bits per heavy atom. The fourth-order valence-electron chi connectivity index (χ4n) is 1.63. The van der Waals surface area contributed by atoms with E-state index in [1.807, 2.05) is 0 Å². The summed E-state index contributed by atoms with van der Waals surface area (Å²) in [5, 5.41) is 9.26. The molecule has 0 unspecified atom stereocenters. The summed E-state index contributed by atoms with van der Waals surface area (Å²) in [5.74, 6) is -1.63. The number of fused-ring (bicyclic) bond motifs is 1. The second-order valence-electron chi connectivity index (χ2n) is 3.07. The van der Waals surface area contributed by atoms with Gasteiger partial charge < -0.3 is 10.8 Å². The van der Waals surface area contributed by atoms with E-state index in [-0.39, 0.29) is 17.0 Å². The summed E-state index contributed by atoms with van der Waals surface area (Å²) in [5.41, 5.74) is 6.39. The van der Waals surface area contributed by atoms with Crippen LogP contribution in [0.3, 0.4) is 0 Å². The maximum Gasteiger partial charge on any atom is 0.167 e. The molecule has 0 aliphatic heterocycles. The van der Waals surface area contributed by atoms with Crippen LogP contribution in [0.1, 0.15) is 22.3 Å². The molecule has 0 saturated carbocycles. The molecule has 3 nitrogen and oxygen atoms in total. The van der Waals surface area contributed by atoms with Gasteiger partial charge in [-0.15, -0.1) is 0 Å². The van der Waals surface area contributed by atoms with Crippen LogP contribution in [0.15, 0.2) is 6.07 Å². The van der Waals surface area contributed by atoms with E-state index in [0.29, 0.717) is 18.4 Å². The predicted molar refractivity (Wildman–Crippen MR) is 45.1 cm³/mol. The minimum atomic E-state index is -0.827. The van der Waals surface area contributed by atoms with Crippen molar-refractivity contribution in [2.75, 3.05) is 5.73 Å². The minimum absolute atomic E-state index is 0.0671. The standard InChI is InChI=1S/C9H8FNO2/c10-5-3-6(11)4-1-2-7(12)8(4)9(5)13/h3,13H,1-2,11H2. The van der Waals surface area contributed by atoms with Crippen molar-refractivity contribution >= 4 is 11.5 Å². The molecular weight excluding hydrogens is 173 g/mol. The molecule has 2 rings (SSSR count). The quantitative estimate of drug-likeness (QED) is 0.467. The molecule has 1 aliphatic carbocycles. The van der Waals surface area contributed by atoms with Gasteiger partial charge in [-0.05, 0) is 12.0 Å². The van der Waals surface area contributed by atoms with Crippen molar-refractivity contribution in [2.45, 2.75) is 12.8 Å². The number of phenolic OH excluding ortho intramolecular Hbond substituents is 1. The lowest BCUT2D eigenvalue weighted by Crippen LogP contribution is -1.98. The number of ketones is 1. The van der Waals surface area contributed by atoms with Crippen molar-refractivity contribution in [3.8, 4) is 5.75 Å². The van der Waals surface area contributed by atoms with Crippen LogP contribution in [0.4, 0.5) is 10.1 Å². The molecule has 0 bridgehead atoms. The van der Waals surface area contributed by atoms with Gasteiger partial charge in [0.15, 0.2) is 17.3 Å². The van der Waals surface area contributed by atoms with Gasteiger partial charge in [0.2, 0.25) is 0 Å². The first-order valence-electron chi connectivity index (χ1n) is 3.94. The van der Waals surface area contributed by atoms with Gasteiger partial charge in [0, 0.05) is 18.2 Å². The number of rotatable bonds is 0. The predicted octanol–water partition coefficient (Wildman–Crippen LogP) is 1.24. The average Bonchev–Trinajstić information content (AvgIpc) is 2.44. The summed E-state index contributed by atoms with van der Waals surface area (Å²) >= 11 is 0. The van der Waals surface area contributed by atoms with E-state index in [1.54, 1.807) is 0 Å². The molecule has 4 heteroatoms. The van der Waals surface area contributed by atoms with Crippen LogP contribution < -0.4 is 5.73 Å². The first-order valence-corrected chi connectivity index (χ1v) is 3.94. The van der Waals surface area contributed by atoms with Gasteiger partial charge in [-0.3, -0.25) is 4.79 Å². The first kappa shape index (κ1) is 8.04. The minimum Gasteiger partial charge on any atom is -0.504 e. The van der Waals surface area contributed by atoms with Crippen LogP contribution in [0, 0.1) is 5.82 Å². The second-order valence-corrected chi connectivity index (χ2v) is 3.07. The number of carbonyl (C=O) groups excluding carboxylic acids is 1. The van der Waals surface area contributed by atoms with E-state index in [4.69, 9.17) is 5.73 Å². The third-order valence-electron chi connectivity index (χ3n) is 2.28. The van der Waals surface area contributed by atoms with Crippen molar-refractivity contribution in [3.05, 3.63) is 23.0 Å². The van der Waals surface area contributed by atoms with Crippen LogP contribution in [0.25, 0.3) is 0 Å². The van der Waals surface area contributed by atoms with Crippen LogP contribution in [0.2, 0.25) is 0 Å². The highest BCUT2D eigenvalue weighted by Crippen LogP contribution is 2.35. The molecule has 13 heavy (non-hydrogen) atoms. The van der Waals surface area contributed by atoms with Crippen molar-refractivity contribution in [3.63, 3.8) is 0 Å². The normalized spacial score (nSPS) is 14.7. The lowest BCUT2D eigenvalue weighted by Gasteiger charge is -2.05. The monoisotopic (exact) mass is 181 g/mol. The number of benzene rings is 1. The van der Waals surface area contributed by atoms with E-state index < -0.39 is 11.6 Å². The van der Waals surface area contributed by atoms with Gasteiger partial charge in [0.25, 0.3) is 0 Å². The number of anilines is 1. The molecule has 0 amide bonds. The number of aromatic hydroxyl groups is 1. The second kappa shape index (κ2) is 2.45. The van der Waals surface area contributed by atoms with Crippen molar-refractivity contribution in [2.24, 2.45) is 0 Å². The topological polar surface area (TPSA) is 63.3 Å². The Morgan fingerprint density at radius 1 is 1.46 bits per heavy atom. The van der Waals surface area contributed by atoms with Crippen LogP contribution in [-0.2, 0) is 6.42 Å². The molecule has 3 N–H and O–H groups in total. The molecule has 1 aromatic carbocycles. The Hall–Kier alpha value is -1.58. The van der Waals surface area contributed by atoms with E-state index >= 15 is 0 Å². The Kier molecular flexibility index (Phi) is 1.52. The molecule has 1 aliphatic rings. The summed E-state index contributed by atoms with van der Waals surface area (Å²) in [6, 6.07) is 1.05. The van der Waals surface area contributed by atoms with Gasteiger partial charge in [-0.25, -0.2) is 4.39 Å². The first-order chi connectivity index (χ1) is 6.11. The number of Topliss-reactive ketones (excluding diaryl/α,β-unsaturated/α-hetero) is 1. The third-order valence-corrected chi connectivity index (χ3v) is 2.28. The SMILES string of the molecule is Nc1cc(F)c(O)c2c1CCC2=O. The van der Waals surface area contributed by atoms with Crippen molar-refractivity contribution in [1.29, 1.82) is 0 Å². The molecule has 0 saturated heterocycles. The van der Waals surface area contributed by atoms with Gasteiger partial charge in [-0.2, -0.15) is 0 Å². The fraction of sp³-hybridized carbons (Fsp3) is 0.222. The van der Waals surface area contributed by atoms with Crippen LogP contribution in [-0.4, -0.2) is 10.9 Å². The number of hydrogen-bond acceptors (Lipinski definition) is 3. The zero-order valence-electron chi connectivity index (χ0n) is 6.80. The number of nitrogen functional groups attached to an aromatic ring is 1. The summed E-state index contributed by atoms with van der Waals surface area (Å²) < 4.78 is 12.9. The molecule has 0 spiro atoms. The largest absolute Gasteiger partial charge is 0.504 e. The Bertz CT molecular complexity index is 401.